The van der Waals surface area contributed by atoms with Gasteiger partial charge >= 0.3 is 6.18 Å². The van der Waals surface area contributed by atoms with Crippen LogP contribution in [0, 0.1) is 6.92 Å². The highest BCUT2D eigenvalue weighted by Crippen LogP contribution is 2.12. The number of nitrogens with one attached hydrogen (secondary N) is 2. The zero-order valence-corrected chi connectivity index (χ0v) is 10.6. The quantitative estimate of drug-likeness (QED) is 0.840. The Labute approximate surface area is 108 Å². The Balaban J connectivity index is 2.36. The molecule has 0 aliphatic heterocycles. The second kappa shape index (κ2) is 6.46. The standard InChI is InChI=1S/C11H15F3N4O/c1-7-3-17-9(4-15-7)5-16-8(2)10(19)18-6-11(12,13)14/h3-4,8,16H,5-6H2,1-2H3,(H,18,19). The highest BCUT2D eigenvalue weighted by Gasteiger charge is 2.28. The Morgan fingerprint density at radius 3 is 2.58 bits per heavy atom. The van der Waals surface area contributed by atoms with E-state index in [-0.39, 0.29) is 6.54 Å². The van der Waals surface area contributed by atoms with E-state index in [0.29, 0.717) is 5.69 Å². The number of hydrogen-bond acceptors (Lipinski definition) is 4. The zero-order valence-electron chi connectivity index (χ0n) is 10.6. The lowest BCUT2D eigenvalue weighted by Crippen LogP contribution is -2.45. The highest BCUT2D eigenvalue weighted by atomic mass is 19.4. The van der Waals surface area contributed by atoms with Crippen molar-refractivity contribution in [2.75, 3.05) is 6.54 Å². The maximum absolute atomic E-state index is 11.9. The number of carbonyl (C=O) groups excluding carboxylic acids is 1. The summed E-state index contributed by atoms with van der Waals surface area (Å²) in [6.45, 7) is 2.20. The predicted octanol–water partition coefficient (Wildman–Crippen LogP) is 0.942. The normalized spacial score (nSPS) is 13.1. The molecule has 1 aromatic heterocycles. The van der Waals surface area contributed by atoms with Gasteiger partial charge in [0.15, 0.2) is 0 Å². The summed E-state index contributed by atoms with van der Waals surface area (Å²) in [7, 11) is 0. The van der Waals surface area contributed by atoms with Gasteiger partial charge in [0.25, 0.3) is 0 Å². The van der Waals surface area contributed by atoms with Crippen LogP contribution in [0.4, 0.5) is 13.2 Å². The third kappa shape index (κ3) is 6.14. The molecular formula is C11H15F3N4O. The fourth-order valence-electron chi connectivity index (χ4n) is 1.20. The molecule has 1 heterocycles. The molecule has 8 heteroatoms. The molecule has 1 amide bonds. The summed E-state index contributed by atoms with van der Waals surface area (Å²) in [5.41, 5.74) is 1.38. The molecule has 106 valence electrons. The lowest BCUT2D eigenvalue weighted by molar-refractivity contribution is -0.139. The van der Waals surface area contributed by atoms with E-state index in [4.69, 9.17) is 0 Å². The largest absolute Gasteiger partial charge is 0.405 e. The van der Waals surface area contributed by atoms with Crippen molar-refractivity contribution < 1.29 is 18.0 Å². The maximum atomic E-state index is 11.9. The van der Waals surface area contributed by atoms with Gasteiger partial charge in [0.1, 0.15) is 6.54 Å². The minimum atomic E-state index is -4.40. The average molecular weight is 276 g/mol. The van der Waals surface area contributed by atoms with Gasteiger partial charge in [-0.25, -0.2) is 0 Å². The molecule has 0 saturated heterocycles. The zero-order chi connectivity index (χ0) is 14.5. The van der Waals surface area contributed by atoms with Gasteiger partial charge in [-0.15, -0.1) is 0 Å². The van der Waals surface area contributed by atoms with Gasteiger partial charge in [-0.2, -0.15) is 13.2 Å². The first-order valence-corrected chi connectivity index (χ1v) is 5.63. The molecule has 0 aliphatic carbocycles. The summed E-state index contributed by atoms with van der Waals surface area (Å²) < 4.78 is 35.7. The van der Waals surface area contributed by atoms with E-state index in [0.717, 1.165) is 5.69 Å². The van der Waals surface area contributed by atoms with Gasteiger partial charge in [0.05, 0.1) is 17.4 Å². The van der Waals surface area contributed by atoms with Crippen LogP contribution in [0.25, 0.3) is 0 Å². The Hall–Kier alpha value is -1.70. The molecule has 1 unspecified atom stereocenters. The van der Waals surface area contributed by atoms with E-state index in [1.54, 1.807) is 24.6 Å². The van der Waals surface area contributed by atoms with Crippen molar-refractivity contribution in [1.82, 2.24) is 20.6 Å². The van der Waals surface area contributed by atoms with Gasteiger partial charge < -0.3 is 10.6 Å². The topological polar surface area (TPSA) is 66.9 Å². The Bertz CT molecular complexity index is 419. The third-order valence-corrected chi connectivity index (χ3v) is 2.28. The molecule has 0 saturated carbocycles. The number of hydrogen-bond donors (Lipinski definition) is 2. The summed E-state index contributed by atoms with van der Waals surface area (Å²) in [5, 5.41) is 4.58. The van der Waals surface area contributed by atoms with Gasteiger partial charge in [-0.05, 0) is 13.8 Å². The van der Waals surface area contributed by atoms with Crippen LogP contribution in [-0.2, 0) is 11.3 Å². The first kappa shape index (κ1) is 15.4. The molecule has 19 heavy (non-hydrogen) atoms. The fourth-order valence-corrected chi connectivity index (χ4v) is 1.20. The number of nitrogens with zero attached hydrogens (tertiary/aromatic N) is 2. The van der Waals surface area contributed by atoms with Crippen LogP contribution in [0.1, 0.15) is 18.3 Å². The minimum Gasteiger partial charge on any atom is -0.346 e. The van der Waals surface area contributed by atoms with E-state index < -0.39 is 24.7 Å². The summed E-state index contributed by atoms with van der Waals surface area (Å²) in [6.07, 6.45) is -1.29. The van der Waals surface area contributed by atoms with E-state index in [1.165, 1.54) is 6.92 Å². The molecule has 0 fully saturated rings. The lowest BCUT2D eigenvalue weighted by Gasteiger charge is -2.14. The summed E-state index contributed by atoms with van der Waals surface area (Å²) in [5.74, 6) is -0.711. The van der Waals surface area contributed by atoms with Crippen LogP contribution >= 0.6 is 0 Å². The first-order chi connectivity index (χ1) is 8.78. The van der Waals surface area contributed by atoms with Gasteiger partial charge in [0.2, 0.25) is 5.91 Å². The molecule has 2 N–H and O–H groups in total. The molecule has 0 bridgehead atoms. The summed E-state index contributed by atoms with van der Waals surface area (Å²) in [6, 6.07) is -0.745. The number of amides is 1. The smallest absolute Gasteiger partial charge is 0.346 e. The number of alkyl halides is 3. The number of rotatable bonds is 5. The van der Waals surface area contributed by atoms with Crippen molar-refractivity contribution in [2.24, 2.45) is 0 Å². The number of aromatic nitrogens is 2. The van der Waals surface area contributed by atoms with Crippen molar-refractivity contribution in [2.45, 2.75) is 32.6 Å². The van der Waals surface area contributed by atoms with Crippen molar-refractivity contribution in [3.05, 3.63) is 23.8 Å². The Morgan fingerprint density at radius 2 is 2.05 bits per heavy atom. The molecular weight excluding hydrogens is 261 g/mol. The van der Waals surface area contributed by atoms with Gasteiger partial charge in [0, 0.05) is 18.9 Å². The molecule has 1 rings (SSSR count). The van der Waals surface area contributed by atoms with Crippen molar-refractivity contribution >= 4 is 5.91 Å². The summed E-state index contributed by atoms with van der Waals surface area (Å²) >= 11 is 0. The maximum Gasteiger partial charge on any atom is 0.405 e. The van der Waals surface area contributed by atoms with E-state index in [2.05, 4.69) is 15.3 Å². The van der Waals surface area contributed by atoms with Crippen LogP contribution < -0.4 is 10.6 Å². The molecule has 5 nitrogen and oxygen atoms in total. The molecule has 0 aromatic carbocycles. The third-order valence-electron chi connectivity index (χ3n) is 2.28. The molecule has 0 spiro atoms. The van der Waals surface area contributed by atoms with E-state index >= 15 is 0 Å². The average Bonchev–Trinajstić information content (AvgIpc) is 2.34. The van der Waals surface area contributed by atoms with Gasteiger partial charge in [-0.3, -0.25) is 14.8 Å². The van der Waals surface area contributed by atoms with Crippen molar-refractivity contribution in [1.29, 1.82) is 0 Å². The predicted molar refractivity (Wildman–Crippen MR) is 62.1 cm³/mol. The first-order valence-electron chi connectivity index (χ1n) is 5.63. The fraction of sp³-hybridized carbons (Fsp3) is 0.545. The molecule has 1 atom stereocenters. The number of carbonyl (C=O) groups is 1. The van der Waals surface area contributed by atoms with Crippen LogP contribution in [0.15, 0.2) is 12.4 Å². The van der Waals surface area contributed by atoms with E-state index in [9.17, 15) is 18.0 Å². The van der Waals surface area contributed by atoms with Crippen LogP contribution in [-0.4, -0.2) is 34.6 Å². The monoisotopic (exact) mass is 276 g/mol. The van der Waals surface area contributed by atoms with Crippen LogP contribution in [0.5, 0.6) is 0 Å². The van der Waals surface area contributed by atoms with Gasteiger partial charge in [-0.1, -0.05) is 0 Å². The van der Waals surface area contributed by atoms with Crippen molar-refractivity contribution in [3.63, 3.8) is 0 Å². The van der Waals surface area contributed by atoms with E-state index in [1.807, 2.05) is 0 Å². The second-order valence-corrected chi connectivity index (χ2v) is 4.08. The van der Waals surface area contributed by atoms with Crippen molar-refractivity contribution in [3.8, 4) is 0 Å². The Kier molecular flexibility index (Phi) is 5.22. The lowest BCUT2D eigenvalue weighted by atomic mass is 10.3. The molecule has 0 radical (unpaired) electrons. The summed E-state index contributed by atoms with van der Waals surface area (Å²) in [4.78, 5) is 19.4. The van der Waals surface area contributed by atoms with Crippen LogP contribution in [0.2, 0.25) is 0 Å². The minimum absolute atomic E-state index is 0.258. The molecule has 0 aliphatic rings. The highest BCUT2D eigenvalue weighted by molar-refractivity contribution is 5.81. The van der Waals surface area contributed by atoms with Crippen LogP contribution in [0.3, 0.4) is 0 Å². The SMILES string of the molecule is Cc1cnc(CNC(C)C(=O)NCC(F)(F)F)cn1. The molecule has 1 aromatic rings. The number of halogens is 3. The second-order valence-electron chi connectivity index (χ2n) is 4.08. The number of aryl methyl sites for hydroxylation is 1. The Morgan fingerprint density at radius 1 is 1.37 bits per heavy atom.